The number of hydrogen-bond donors (Lipinski definition) is 0. The zero-order valence-electron chi connectivity index (χ0n) is 16.5. The van der Waals surface area contributed by atoms with Crippen molar-refractivity contribution < 1.29 is 0 Å². The molecule has 5 rings (SSSR count). The molecule has 1 aliphatic heterocycles. The first-order valence-electron chi connectivity index (χ1n) is 10.6. The maximum atomic E-state index is 13.8. The maximum absolute atomic E-state index is 13.8. The fourth-order valence-corrected chi connectivity index (χ4v) is 6.00. The molecule has 0 bridgehead atoms. The summed E-state index contributed by atoms with van der Waals surface area (Å²) in [4.78, 5) is 23.7. The summed E-state index contributed by atoms with van der Waals surface area (Å²) in [5, 5.41) is 0.880. The number of fused-ring (bicyclic) bond motifs is 3. The predicted octanol–water partition coefficient (Wildman–Crippen LogP) is 4.62. The number of benzene rings is 1. The summed E-state index contributed by atoms with van der Waals surface area (Å²) in [7, 11) is 0. The van der Waals surface area contributed by atoms with Gasteiger partial charge in [-0.25, -0.2) is 4.98 Å². The highest BCUT2D eigenvalue weighted by molar-refractivity contribution is 7.18. The van der Waals surface area contributed by atoms with E-state index < -0.39 is 0 Å². The van der Waals surface area contributed by atoms with Crippen molar-refractivity contribution in [2.75, 3.05) is 13.1 Å². The number of rotatable bonds is 3. The van der Waals surface area contributed by atoms with Gasteiger partial charge in [0.25, 0.3) is 5.56 Å². The molecule has 1 aliphatic carbocycles. The van der Waals surface area contributed by atoms with Gasteiger partial charge in [0.1, 0.15) is 10.7 Å². The van der Waals surface area contributed by atoms with Crippen LogP contribution in [0.5, 0.6) is 0 Å². The van der Waals surface area contributed by atoms with Gasteiger partial charge in [-0.1, -0.05) is 24.6 Å². The zero-order chi connectivity index (χ0) is 19.1. The van der Waals surface area contributed by atoms with Crippen LogP contribution in [-0.4, -0.2) is 27.5 Å². The minimum atomic E-state index is 0.130. The molecule has 0 amide bonds. The van der Waals surface area contributed by atoms with Gasteiger partial charge in [0.2, 0.25) is 0 Å². The molecule has 0 saturated carbocycles. The Labute approximate surface area is 169 Å². The van der Waals surface area contributed by atoms with E-state index in [1.54, 1.807) is 11.3 Å². The van der Waals surface area contributed by atoms with Crippen LogP contribution in [0.4, 0.5) is 0 Å². The maximum Gasteiger partial charge on any atom is 0.267 e. The van der Waals surface area contributed by atoms with Crippen LogP contribution in [0.25, 0.3) is 15.9 Å². The highest BCUT2D eigenvalue weighted by atomic mass is 32.1. The van der Waals surface area contributed by atoms with E-state index in [1.807, 2.05) is 16.7 Å². The number of likely N-dealkylation sites (tertiary alicyclic amines) is 1. The fraction of sp³-hybridized carbons (Fsp3) is 0.478. The largest absolute Gasteiger partial charge is 0.296 e. The van der Waals surface area contributed by atoms with E-state index in [1.165, 1.54) is 42.5 Å². The standard InChI is InChI=1S/C23H27N3OS/c1-16-9-3-5-11-18(16)26-20(15-25-13-7-2-8-14-25)24-22-21(23(26)27)17-10-4-6-12-19(17)28-22/h3,5,9,11H,2,4,6-8,10,12-15H2,1H3. The van der Waals surface area contributed by atoms with Gasteiger partial charge >= 0.3 is 0 Å². The predicted molar refractivity (Wildman–Crippen MR) is 116 cm³/mol. The van der Waals surface area contributed by atoms with Crippen molar-refractivity contribution in [3.8, 4) is 5.69 Å². The molecule has 28 heavy (non-hydrogen) atoms. The van der Waals surface area contributed by atoms with Crippen LogP contribution in [0.1, 0.15) is 53.9 Å². The molecule has 3 heterocycles. The van der Waals surface area contributed by atoms with E-state index in [2.05, 4.69) is 24.0 Å². The molecule has 0 N–H and O–H groups in total. The van der Waals surface area contributed by atoms with Crippen LogP contribution in [0, 0.1) is 6.92 Å². The monoisotopic (exact) mass is 393 g/mol. The molecular formula is C23H27N3OS. The van der Waals surface area contributed by atoms with Gasteiger partial charge in [-0.3, -0.25) is 14.3 Å². The average Bonchev–Trinajstić information content (AvgIpc) is 3.08. The number of hydrogen-bond acceptors (Lipinski definition) is 4. The Kier molecular flexibility index (Phi) is 4.81. The van der Waals surface area contributed by atoms with E-state index in [9.17, 15) is 4.79 Å². The highest BCUT2D eigenvalue weighted by Gasteiger charge is 2.24. The molecule has 5 heteroatoms. The molecule has 2 aliphatic rings. The molecule has 0 spiro atoms. The molecule has 1 fully saturated rings. The van der Waals surface area contributed by atoms with Crippen LogP contribution in [0.2, 0.25) is 0 Å². The molecule has 146 valence electrons. The number of thiophene rings is 1. The van der Waals surface area contributed by atoms with Crippen LogP contribution >= 0.6 is 11.3 Å². The van der Waals surface area contributed by atoms with Crippen molar-refractivity contribution >= 4 is 21.6 Å². The third-order valence-corrected chi connectivity index (χ3v) is 7.41. The van der Waals surface area contributed by atoms with Crippen molar-refractivity contribution in [1.82, 2.24) is 14.5 Å². The molecule has 0 atom stereocenters. The molecule has 1 saturated heterocycles. The van der Waals surface area contributed by atoms with Gasteiger partial charge < -0.3 is 0 Å². The topological polar surface area (TPSA) is 38.1 Å². The van der Waals surface area contributed by atoms with Gasteiger partial charge in [-0.05, 0) is 75.7 Å². The normalized spacial score (nSPS) is 17.8. The number of piperidine rings is 1. The van der Waals surface area contributed by atoms with Crippen molar-refractivity contribution in [3.63, 3.8) is 0 Å². The highest BCUT2D eigenvalue weighted by Crippen LogP contribution is 2.34. The lowest BCUT2D eigenvalue weighted by Crippen LogP contribution is -2.33. The van der Waals surface area contributed by atoms with E-state index in [0.29, 0.717) is 0 Å². The Bertz CT molecular complexity index is 1080. The Hall–Kier alpha value is -1.98. The fourth-order valence-electron chi connectivity index (χ4n) is 4.73. The zero-order valence-corrected chi connectivity index (χ0v) is 17.4. The Morgan fingerprint density at radius 2 is 1.82 bits per heavy atom. The van der Waals surface area contributed by atoms with E-state index in [0.717, 1.165) is 59.8 Å². The Morgan fingerprint density at radius 3 is 2.64 bits per heavy atom. The van der Waals surface area contributed by atoms with Crippen LogP contribution in [-0.2, 0) is 19.4 Å². The summed E-state index contributed by atoms with van der Waals surface area (Å²) < 4.78 is 1.91. The first-order valence-corrected chi connectivity index (χ1v) is 11.4. The molecule has 4 nitrogen and oxygen atoms in total. The van der Waals surface area contributed by atoms with Gasteiger partial charge in [-0.2, -0.15) is 0 Å². The van der Waals surface area contributed by atoms with Crippen LogP contribution in [0.3, 0.4) is 0 Å². The number of aryl methyl sites for hydroxylation is 3. The lowest BCUT2D eigenvalue weighted by Gasteiger charge is -2.27. The van der Waals surface area contributed by atoms with Crippen molar-refractivity contribution in [2.45, 2.75) is 58.4 Å². The second-order valence-electron chi connectivity index (χ2n) is 8.18. The molecule has 2 aromatic heterocycles. The third-order valence-electron chi connectivity index (χ3n) is 6.23. The lowest BCUT2D eigenvalue weighted by atomic mass is 9.97. The number of nitrogens with zero attached hydrogens (tertiary/aromatic N) is 3. The van der Waals surface area contributed by atoms with Crippen molar-refractivity contribution in [2.24, 2.45) is 0 Å². The van der Waals surface area contributed by atoms with E-state index >= 15 is 0 Å². The molecule has 3 aromatic rings. The van der Waals surface area contributed by atoms with Crippen molar-refractivity contribution in [1.29, 1.82) is 0 Å². The summed E-state index contributed by atoms with van der Waals surface area (Å²) in [6.45, 7) is 5.03. The van der Waals surface area contributed by atoms with E-state index in [-0.39, 0.29) is 5.56 Å². The number of para-hydroxylation sites is 1. The summed E-state index contributed by atoms with van der Waals surface area (Å²) in [6.07, 6.45) is 8.32. The van der Waals surface area contributed by atoms with Crippen LogP contribution in [0.15, 0.2) is 29.1 Å². The lowest BCUT2D eigenvalue weighted by molar-refractivity contribution is 0.214. The Balaban J connectivity index is 1.73. The van der Waals surface area contributed by atoms with Gasteiger partial charge in [0, 0.05) is 4.88 Å². The summed E-state index contributed by atoms with van der Waals surface area (Å²) >= 11 is 1.76. The minimum absolute atomic E-state index is 0.130. The Morgan fingerprint density at radius 1 is 1.04 bits per heavy atom. The molecule has 0 unspecified atom stereocenters. The van der Waals surface area contributed by atoms with E-state index in [4.69, 9.17) is 4.98 Å². The number of aromatic nitrogens is 2. The first kappa shape index (κ1) is 18.1. The molecular weight excluding hydrogens is 366 g/mol. The van der Waals surface area contributed by atoms with Gasteiger partial charge in [0.05, 0.1) is 17.6 Å². The quantitative estimate of drug-likeness (QED) is 0.652. The third kappa shape index (κ3) is 3.11. The van der Waals surface area contributed by atoms with Gasteiger partial charge in [-0.15, -0.1) is 11.3 Å². The second kappa shape index (κ2) is 7.45. The van der Waals surface area contributed by atoms with Gasteiger partial charge in [0.15, 0.2) is 0 Å². The van der Waals surface area contributed by atoms with Crippen molar-refractivity contribution in [3.05, 3.63) is 56.4 Å². The first-order chi connectivity index (χ1) is 13.7. The summed E-state index contributed by atoms with van der Waals surface area (Å²) in [5.74, 6) is 0.896. The second-order valence-corrected chi connectivity index (χ2v) is 9.27. The molecule has 0 radical (unpaired) electrons. The minimum Gasteiger partial charge on any atom is -0.296 e. The van der Waals surface area contributed by atoms with Crippen LogP contribution < -0.4 is 5.56 Å². The average molecular weight is 394 g/mol. The SMILES string of the molecule is Cc1ccccc1-n1c(CN2CCCCC2)nc2sc3c(c2c1=O)CCCC3. The molecule has 1 aromatic carbocycles. The summed E-state index contributed by atoms with van der Waals surface area (Å²) in [5.41, 5.74) is 3.50. The summed E-state index contributed by atoms with van der Waals surface area (Å²) in [6, 6.07) is 8.20. The smallest absolute Gasteiger partial charge is 0.267 e.